The first-order valence-corrected chi connectivity index (χ1v) is 8.02. The number of benzene rings is 1. The number of hydrogen-bond donors (Lipinski definition) is 0. The van der Waals surface area contributed by atoms with Crippen LogP contribution < -0.4 is 0 Å². The molecule has 2 heterocycles. The van der Waals surface area contributed by atoms with Gasteiger partial charge in [0, 0.05) is 16.7 Å². The molecule has 0 atom stereocenters. The van der Waals surface area contributed by atoms with Crippen molar-refractivity contribution in [2.75, 3.05) is 0 Å². The Morgan fingerprint density at radius 1 is 1.11 bits per heavy atom. The molecule has 0 radical (unpaired) electrons. The molecule has 0 aliphatic carbocycles. The van der Waals surface area contributed by atoms with Gasteiger partial charge >= 0.3 is 0 Å². The van der Waals surface area contributed by atoms with Crippen LogP contribution in [-0.2, 0) is 6.42 Å². The van der Waals surface area contributed by atoms with Crippen molar-refractivity contribution in [2.24, 2.45) is 0 Å². The topological polar surface area (TPSA) is 12.9 Å². The quantitative estimate of drug-likeness (QED) is 0.654. The van der Waals surface area contributed by atoms with Crippen LogP contribution in [0.1, 0.15) is 21.6 Å². The number of rotatable bonds is 3. The number of nitrogens with zero attached hydrogens (tertiary/aromatic N) is 1. The highest BCUT2D eigenvalue weighted by molar-refractivity contribution is 7.16. The van der Waals surface area contributed by atoms with E-state index < -0.39 is 0 Å². The number of aromatic nitrogens is 1. The molecular weight excluding hydrogens is 270 g/mol. The lowest BCUT2D eigenvalue weighted by atomic mass is 10.0. The maximum Gasteiger partial charge on any atom is 0.0910 e. The predicted molar refractivity (Wildman–Crippen MR) is 84.1 cm³/mol. The smallest absolute Gasteiger partial charge is 0.0910 e. The third-order valence-electron chi connectivity index (χ3n) is 3.22. The van der Waals surface area contributed by atoms with Crippen molar-refractivity contribution in [2.45, 2.75) is 20.3 Å². The minimum Gasteiger partial charge on any atom is -0.244 e. The van der Waals surface area contributed by atoms with Crippen molar-refractivity contribution in [1.82, 2.24) is 4.98 Å². The van der Waals surface area contributed by atoms with Gasteiger partial charge in [0.15, 0.2) is 0 Å². The molecule has 0 spiro atoms. The van der Waals surface area contributed by atoms with E-state index in [0.29, 0.717) is 0 Å². The van der Waals surface area contributed by atoms with Crippen molar-refractivity contribution >= 4 is 22.7 Å². The summed E-state index contributed by atoms with van der Waals surface area (Å²) >= 11 is 3.49. The third-order valence-corrected chi connectivity index (χ3v) is 4.91. The Morgan fingerprint density at radius 2 is 2.00 bits per heavy atom. The molecule has 3 aromatic rings. The average molecular weight is 285 g/mol. The number of thiophene rings is 1. The zero-order chi connectivity index (χ0) is 13.2. The molecule has 2 aromatic heterocycles. The molecule has 0 fully saturated rings. The summed E-state index contributed by atoms with van der Waals surface area (Å²) < 4.78 is 0. The van der Waals surface area contributed by atoms with Crippen LogP contribution in [0.25, 0.3) is 10.6 Å². The fourth-order valence-electron chi connectivity index (χ4n) is 2.12. The van der Waals surface area contributed by atoms with E-state index in [-0.39, 0.29) is 0 Å². The first-order valence-electron chi connectivity index (χ1n) is 6.26. The van der Waals surface area contributed by atoms with Crippen LogP contribution in [0, 0.1) is 13.8 Å². The van der Waals surface area contributed by atoms with Gasteiger partial charge in [-0.15, -0.1) is 22.7 Å². The van der Waals surface area contributed by atoms with Crippen LogP contribution in [0.4, 0.5) is 0 Å². The van der Waals surface area contributed by atoms with E-state index in [1.807, 2.05) is 16.8 Å². The summed E-state index contributed by atoms with van der Waals surface area (Å²) in [6.45, 7) is 4.34. The maximum atomic E-state index is 4.37. The largest absolute Gasteiger partial charge is 0.244 e. The van der Waals surface area contributed by atoms with E-state index in [2.05, 4.69) is 54.5 Å². The third kappa shape index (κ3) is 2.77. The van der Waals surface area contributed by atoms with E-state index >= 15 is 0 Å². The predicted octanol–water partition coefficient (Wildman–Crippen LogP) is 5.08. The summed E-state index contributed by atoms with van der Waals surface area (Å²) in [6.07, 6.45) is 1.02. The van der Waals surface area contributed by atoms with E-state index in [1.165, 1.54) is 26.4 Å². The summed E-state index contributed by atoms with van der Waals surface area (Å²) in [5.74, 6) is 0. The number of hydrogen-bond acceptors (Lipinski definition) is 3. The second kappa shape index (κ2) is 5.27. The van der Waals surface area contributed by atoms with Gasteiger partial charge in [-0.3, -0.25) is 0 Å². The SMILES string of the molecule is Cc1ccc(C)c(Cc2ccc(-c3cscn3)s2)c1. The summed E-state index contributed by atoms with van der Waals surface area (Å²) in [4.78, 5) is 7.03. The van der Waals surface area contributed by atoms with Crippen molar-refractivity contribution in [3.8, 4) is 10.6 Å². The normalized spacial score (nSPS) is 10.8. The van der Waals surface area contributed by atoms with Gasteiger partial charge in [-0.1, -0.05) is 23.8 Å². The second-order valence-electron chi connectivity index (χ2n) is 4.75. The molecule has 0 aliphatic heterocycles. The molecule has 3 rings (SSSR count). The maximum absolute atomic E-state index is 4.37. The summed E-state index contributed by atoms with van der Waals surface area (Å²) in [6, 6.07) is 11.1. The molecule has 0 aliphatic rings. The van der Waals surface area contributed by atoms with Crippen LogP contribution in [0.2, 0.25) is 0 Å². The molecule has 0 saturated carbocycles. The Kier molecular flexibility index (Phi) is 3.49. The fraction of sp³-hybridized carbons (Fsp3) is 0.188. The van der Waals surface area contributed by atoms with Gasteiger partial charge in [0.05, 0.1) is 16.1 Å². The molecule has 1 nitrogen and oxygen atoms in total. The van der Waals surface area contributed by atoms with Crippen LogP contribution >= 0.6 is 22.7 Å². The molecule has 0 N–H and O–H groups in total. The summed E-state index contributed by atoms with van der Waals surface area (Å²) in [5, 5.41) is 2.10. The lowest BCUT2D eigenvalue weighted by Crippen LogP contribution is -1.90. The first-order chi connectivity index (χ1) is 9.22. The summed E-state index contributed by atoms with van der Waals surface area (Å²) in [5.41, 5.74) is 7.11. The minimum atomic E-state index is 1.02. The van der Waals surface area contributed by atoms with E-state index in [0.717, 1.165) is 12.1 Å². The Hall–Kier alpha value is -1.45. The molecule has 0 unspecified atom stereocenters. The first kappa shape index (κ1) is 12.6. The highest BCUT2D eigenvalue weighted by Crippen LogP contribution is 2.29. The minimum absolute atomic E-state index is 1.02. The Morgan fingerprint density at radius 3 is 2.79 bits per heavy atom. The van der Waals surface area contributed by atoms with Crippen LogP contribution in [0.3, 0.4) is 0 Å². The Balaban J connectivity index is 1.86. The molecule has 96 valence electrons. The summed E-state index contributed by atoms with van der Waals surface area (Å²) in [7, 11) is 0. The van der Waals surface area contributed by atoms with E-state index in [9.17, 15) is 0 Å². The van der Waals surface area contributed by atoms with E-state index in [1.54, 1.807) is 11.3 Å². The van der Waals surface area contributed by atoms with Gasteiger partial charge in [0.1, 0.15) is 0 Å². The molecule has 3 heteroatoms. The number of aryl methyl sites for hydroxylation is 2. The van der Waals surface area contributed by atoms with Crippen molar-refractivity contribution < 1.29 is 0 Å². The second-order valence-corrected chi connectivity index (χ2v) is 6.63. The standard InChI is InChI=1S/C16H15NS2/c1-11-3-4-12(2)13(7-11)8-14-5-6-16(19-14)15-9-18-10-17-15/h3-7,9-10H,8H2,1-2H3. The molecule has 0 saturated heterocycles. The number of thiazole rings is 1. The van der Waals surface area contributed by atoms with Crippen molar-refractivity contribution in [3.05, 3.63) is 62.8 Å². The molecule has 1 aromatic carbocycles. The highest BCUT2D eigenvalue weighted by atomic mass is 32.1. The molecule has 19 heavy (non-hydrogen) atoms. The van der Waals surface area contributed by atoms with Gasteiger partial charge in [-0.05, 0) is 37.1 Å². The molecular formula is C16H15NS2. The lowest BCUT2D eigenvalue weighted by molar-refractivity contribution is 1.18. The molecule has 0 amide bonds. The van der Waals surface area contributed by atoms with Crippen LogP contribution in [0.5, 0.6) is 0 Å². The average Bonchev–Trinajstić information content (AvgIpc) is 3.04. The van der Waals surface area contributed by atoms with Gasteiger partial charge < -0.3 is 0 Å². The van der Waals surface area contributed by atoms with Crippen LogP contribution in [-0.4, -0.2) is 4.98 Å². The van der Waals surface area contributed by atoms with Crippen LogP contribution in [0.15, 0.2) is 41.2 Å². The molecule has 0 bridgehead atoms. The monoisotopic (exact) mass is 285 g/mol. The van der Waals surface area contributed by atoms with Gasteiger partial charge in [-0.25, -0.2) is 4.98 Å². The zero-order valence-electron chi connectivity index (χ0n) is 11.0. The Labute approximate surface area is 121 Å². The highest BCUT2D eigenvalue weighted by Gasteiger charge is 2.06. The van der Waals surface area contributed by atoms with Crippen molar-refractivity contribution in [1.29, 1.82) is 0 Å². The fourth-order valence-corrected chi connectivity index (χ4v) is 3.75. The van der Waals surface area contributed by atoms with Gasteiger partial charge in [-0.2, -0.15) is 0 Å². The lowest BCUT2D eigenvalue weighted by Gasteiger charge is -2.05. The van der Waals surface area contributed by atoms with E-state index in [4.69, 9.17) is 0 Å². The Bertz CT molecular complexity index is 681. The van der Waals surface area contributed by atoms with Gasteiger partial charge in [0.25, 0.3) is 0 Å². The van der Waals surface area contributed by atoms with Crippen molar-refractivity contribution in [3.63, 3.8) is 0 Å². The zero-order valence-corrected chi connectivity index (χ0v) is 12.6. The van der Waals surface area contributed by atoms with Gasteiger partial charge in [0.2, 0.25) is 0 Å².